The van der Waals surface area contributed by atoms with Crippen LogP contribution in [-0.4, -0.2) is 15.5 Å². The van der Waals surface area contributed by atoms with Gasteiger partial charge in [0, 0.05) is 6.04 Å². The third kappa shape index (κ3) is 4.58. The fourth-order valence-corrected chi connectivity index (χ4v) is 4.14. The minimum Gasteiger partial charge on any atom is -0.495 e. The highest BCUT2D eigenvalue weighted by atomic mass is 32.2. The molecule has 2 rings (SSSR count). The van der Waals surface area contributed by atoms with E-state index in [9.17, 15) is 8.42 Å². The molecule has 1 N–H and O–H groups in total. The first-order chi connectivity index (χ1) is 11.3. The summed E-state index contributed by atoms with van der Waals surface area (Å²) in [5, 5.41) is 0. The summed E-state index contributed by atoms with van der Waals surface area (Å²) in [5.74, 6) is 0.710. The molecule has 0 saturated carbocycles. The monoisotopic (exact) mass is 347 g/mol. The molecule has 0 heterocycles. The summed E-state index contributed by atoms with van der Waals surface area (Å²) in [7, 11) is -2.21. The molecule has 0 aromatic heterocycles. The Morgan fingerprint density at radius 2 is 1.75 bits per heavy atom. The second kappa shape index (κ2) is 7.81. The average Bonchev–Trinajstić information content (AvgIpc) is 2.54. The van der Waals surface area contributed by atoms with Gasteiger partial charge in [0.25, 0.3) is 0 Å². The van der Waals surface area contributed by atoms with Crippen molar-refractivity contribution in [1.82, 2.24) is 4.72 Å². The number of hydrogen-bond donors (Lipinski definition) is 1. The SMILES string of the molecule is COc1ccc(C)cc1S(=O)(=O)N[C@@H](CC(C)C)c1ccccc1. The standard InChI is InChI=1S/C19H25NO3S/c1-14(2)12-17(16-8-6-5-7-9-16)20-24(21,22)19-13-15(3)10-11-18(19)23-4/h5-11,13-14,17,20H,12H2,1-4H3/t17-/m0/s1. The van der Waals surface area contributed by atoms with Crippen LogP contribution in [0.4, 0.5) is 0 Å². The van der Waals surface area contributed by atoms with Gasteiger partial charge in [-0.25, -0.2) is 13.1 Å². The summed E-state index contributed by atoms with van der Waals surface area (Å²) in [6.45, 7) is 6.02. The van der Waals surface area contributed by atoms with Gasteiger partial charge in [0.05, 0.1) is 7.11 Å². The highest BCUT2D eigenvalue weighted by Gasteiger charge is 2.25. The molecule has 0 saturated heterocycles. The van der Waals surface area contributed by atoms with Crippen LogP contribution in [0.5, 0.6) is 5.75 Å². The fourth-order valence-electron chi connectivity index (χ4n) is 2.65. The van der Waals surface area contributed by atoms with Gasteiger partial charge >= 0.3 is 0 Å². The second-order valence-electron chi connectivity index (χ2n) is 6.37. The van der Waals surface area contributed by atoms with Crippen LogP contribution in [-0.2, 0) is 10.0 Å². The van der Waals surface area contributed by atoms with Crippen molar-refractivity contribution in [3.8, 4) is 5.75 Å². The predicted octanol–water partition coefficient (Wildman–Crippen LogP) is 4.07. The number of ether oxygens (including phenoxy) is 1. The fraction of sp³-hybridized carbons (Fsp3) is 0.368. The third-order valence-electron chi connectivity index (χ3n) is 3.82. The molecule has 0 amide bonds. The number of aryl methyl sites for hydroxylation is 1. The van der Waals surface area contributed by atoms with Crippen LogP contribution >= 0.6 is 0 Å². The normalized spacial score (nSPS) is 13.0. The second-order valence-corrected chi connectivity index (χ2v) is 8.05. The van der Waals surface area contributed by atoms with Crippen LogP contribution in [0.3, 0.4) is 0 Å². The van der Waals surface area contributed by atoms with Gasteiger partial charge in [-0.2, -0.15) is 0 Å². The molecule has 5 heteroatoms. The van der Waals surface area contributed by atoms with Gasteiger partial charge in [0.2, 0.25) is 10.0 Å². The van der Waals surface area contributed by atoms with Gasteiger partial charge in [-0.05, 0) is 42.5 Å². The predicted molar refractivity (Wildman–Crippen MR) is 96.7 cm³/mol. The highest BCUT2D eigenvalue weighted by molar-refractivity contribution is 7.89. The van der Waals surface area contributed by atoms with E-state index < -0.39 is 10.0 Å². The summed E-state index contributed by atoms with van der Waals surface area (Å²) in [6, 6.07) is 14.5. The lowest BCUT2D eigenvalue weighted by atomic mass is 9.98. The molecule has 2 aromatic rings. The Hall–Kier alpha value is -1.85. The Bertz CT molecular complexity index is 770. The molecule has 0 radical (unpaired) electrons. The molecule has 4 nitrogen and oxygen atoms in total. The summed E-state index contributed by atoms with van der Waals surface area (Å²) in [5.41, 5.74) is 1.83. The zero-order valence-electron chi connectivity index (χ0n) is 14.6. The van der Waals surface area contributed by atoms with Crippen molar-refractivity contribution in [3.63, 3.8) is 0 Å². The summed E-state index contributed by atoms with van der Waals surface area (Å²) in [4.78, 5) is 0.176. The topological polar surface area (TPSA) is 55.4 Å². The molecule has 0 spiro atoms. The molecule has 0 aliphatic carbocycles. The van der Waals surface area contributed by atoms with Crippen LogP contribution in [0.15, 0.2) is 53.4 Å². The Morgan fingerprint density at radius 1 is 1.08 bits per heavy atom. The van der Waals surface area contributed by atoms with Gasteiger partial charge in [0.15, 0.2) is 0 Å². The van der Waals surface area contributed by atoms with Crippen LogP contribution in [0.2, 0.25) is 0 Å². The first-order valence-corrected chi connectivity index (χ1v) is 9.53. The minimum atomic E-state index is -3.69. The van der Waals surface area contributed by atoms with Crippen molar-refractivity contribution >= 4 is 10.0 Å². The zero-order valence-corrected chi connectivity index (χ0v) is 15.4. The number of sulfonamides is 1. The maximum atomic E-state index is 12.9. The molecule has 1 atom stereocenters. The summed E-state index contributed by atoms with van der Waals surface area (Å²) < 4.78 is 34.0. The molecule has 0 bridgehead atoms. The van der Waals surface area contributed by atoms with Crippen molar-refractivity contribution in [2.24, 2.45) is 5.92 Å². The lowest BCUT2D eigenvalue weighted by Gasteiger charge is -2.22. The molecule has 2 aromatic carbocycles. The maximum absolute atomic E-state index is 12.9. The number of methoxy groups -OCH3 is 1. The molecule has 0 aliphatic heterocycles. The third-order valence-corrected chi connectivity index (χ3v) is 5.31. The van der Waals surface area contributed by atoms with Crippen LogP contribution in [0.25, 0.3) is 0 Å². The number of benzene rings is 2. The molecule has 0 unspecified atom stereocenters. The van der Waals surface area contributed by atoms with E-state index in [1.54, 1.807) is 12.1 Å². The zero-order chi connectivity index (χ0) is 17.7. The van der Waals surface area contributed by atoms with E-state index in [4.69, 9.17) is 4.74 Å². The summed E-state index contributed by atoms with van der Waals surface area (Å²) in [6.07, 6.45) is 0.720. The van der Waals surface area contributed by atoms with Crippen molar-refractivity contribution < 1.29 is 13.2 Å². The molecule has 0 fully saturated rings. The largest absolute Gasteiger partial charge is 0.495 e. The van der Waals surface area contributed by atoms with E-state index in [0.29, 0.717) is 11.7 Å². The van der Waals surface area contributed by atoms with E-state index in [2.05, 4.69) is 18.6 Å². The number of rotatable bonds is 7. The average molecular weight is 347 g/mol. The van der Waals surface area contributed by atoms with Gasteiger partial charge < -0.3 is 4.74 Å². The van der Waals surface area contributed by atoms with Crippen molar-refractivity contribution in [2.75, 3.05) is 7.11 Å². The molecule has 0 aliphatic rings. The van der Waals surface area contributed by atoms with E-state index in [0.717, 1.165) is 17.5 Å². The molecular formula is C19H25NO3S. The number of hydrogen-bond acceptors (Lipinski definition) is 3. The Labute approximate surface area is 144 Å². The van der Waals surface area contributed by atoms with E-state index in [1.807, 2.05) is 43.3 Å². The van der Waals surface area contributed by atoms with E-state index >= 15 is 0 Å². The highest BCUT2D eigenvalue weighted by Crippen LogP contribution is 2.28. The van der Waals surface area contributed by atoms with Crippen LogP contribution in [0.1, 0.15) is 37.4 Å². The first kappa shape index (κ1) is 18.5. The van der Waals surface area contributed by atoms with Gasteiger partial charge in [-0.3, -0.25) is 0 Å². The molecular weight excluding hydrogens is 322 g/mol. The lowest BCUT2D eigenvalue weighted by molar-refractivity contribution is 0.401. The van der Waals surface area contributed by atoms with Gasteiger partial charge in [-0.1, -0.05) is 50.2 Å². The van der Waals surface area contributed by atoms with Gasteiger partial charge in [0.1, 0.15) is 10.6 Å². The van der Waals surface area contributed by atoms with E-state index in [1.165, 1.54) is 7.11 Å². The van der Waals surface area contributed by atoms with Crippen molar-refractivity contribution in [3.05, 3.63) is 59.7 Å². The van der Waals surface area contributed by atoms with Crippen LogP contribution in [0, 0.1) is 12.8 Å². The first-order valence-electron chi connectivity index (χ1n) is 8.05. The summed E-state index contributed by atoms with van der Waals surface area (Å²) >= 11 is 0. The lowest BCUT2D eigenvalue weighted by Crippen LogP contribution is -2.30. The quantitative estimate of drug-likeness (QED) is 0.821. The molecule has 130 valence electrons. The van der Waals surface area contributed by atoms with Gasteiger partial charge in [-0.15, -0.1) is 0 Å². The maximum Gasteiger partial charge on any atom is 0.244 e. The Kier molecular flexibility index (Phi) is 6.02. The van der Waals surface area contributed by atoms with Crippen molar-refractivity contribution in [1.29, 1.82) is 0 Å². The number of nitrogens with one attached hydrogen (secondary N) is 1. The van der Waals surface area contributed by atoms with Crippen LogP contribution < -0.4 is 9.46 Å². The smallest absolute Gasteiger partial charge is 0.244 e. The van der Waals surface area contributed by atoms with Crippen molar-refractivity contribution in [2.45, 2.75) is 38.1 Å². The Balaban J connectivity index is 2.39. The van der Waals surface area contributed by atoms with E-state index in [-0.39, 0.29) is 10.9 Å². The molecule has 24 heavy (non-hydrogen) atoms. The Morgan fingerprint density at radius 3 is 2.33 bits per heavy atom. The minimum absolute atomic E-state index is 0.176.